The SMILES string of the molecule is CN(C=O)C(=O)CCCCCCCCc1cccc(Br)c1. The summed E-state index contributed by atoms with van der Waals surface area (Å²) in [5.41, 5.74) is 1.38. The van der Waals surface area contributed by atoms with Crippen molar-refractivity contribution in [2.24, 2.45) is 0 Å². The molecule has 4 heteroatoms. The third kappa shape index (κ3) is 8.00. The number of carbonyl (C=O) groups is 2. The minimum Gasteiger partial charge on any atom is -0.288 e. The molecule has 3 nitrogen and oxygen atoms in total. The van der Waals surface area contributed by atoms with Gasteiger partial charge < -0.3 is 0 Å². The van der Waals surface area contributed by atoms with E-state index in [0.29, 0.717) is 12.8 Å². The van der Waals surface area contributed by atoms with Gasteiger partial charge in [0.1, 0.15) is 0 Å². The van der Waals surface area contributed by atoms with Crippen LogP contribution in [0.1, 0.15) is 50.5 Å². The van der Waals surface area contributed by atoms with Crippen LogP contribution < -0.4 is 0 Å². The van der Waals surface area contributed by atoms with E-state index in [0.717, 1.165) is 35.1 Å². The van der Waals surface area contributed by atoms with Crippen LogP contribution in [0.3, 0.4) is 0 Å². The molecule has 1 rings (SSSR count). The van der Waals surface area contributed by atoms with E-state index >= 15 is 0 Å². The fourth-order valence-corrected chi connectivity index (χ4v) is 2.69. The van der Waals surface area contributed by atoms with Crippen molar-refractivity contribution in [2.45, 2.75) is 51.4 Å². The predicted molar refractivity (Wildman–Crippen MR) is 89.0 cm³/mol. The molecule has 0 spiro atoms. The molecule has 0 aromatic heterocycles. The molecule has 1 aromatic carbocycles. The molecule has 0 aliphatic carbocycles. The number of hydrogen-bond acceptors (Lipinski definition) is 2. The van der Waals surface area contributed by atoms with Gasteiger partial charge in [0.25, 0.3) is 0 Å². The zero-order valence-corrected chi connectivity index (χ0v) is 14.3. The molecule has 0 heterocycles. The van der Waals surface area contributed by atoms with Gasteiger partial charge in [-0.05, 0) is 37.0 Å². The molecule has 0 atom stereocenters. The first-order chi connectivity index (χ1) is 10.1. The highest BCUT2D eigenvalue weighted by Gasteiger charge is 2.05. The Morgan fingerprint density at radius 2 is 1.81 bits per heavy atom. The predicted octanol–water partition coefficient (Wildman–Crippen LogP) is 4.34. The molecule has 0 aliphatic rings. The first-order valence-corrected chi connectivity index (χ1v) is 8.38. The lowest BCUT2D eigenvalue weighted by molar-refractivity contribution is -0.136. The summed E-state index contributed by atoms with van der Waals surface area (Å²) in [5, 5.41) is 0. The number of imide groups is 1. The van der Waals surface area contributed by atoms with Crippen LogP contribution in [0.15, 0.2) is 28.7 Å². The van der Waals surface area contributed by atoms with Crippen LogP contribution >= 0.6 is 15.9 Å². The summed E-state index contributed by atoms with van der Waals surface area (Å²) >= 11 is 3.49. The lowest BCUT2D eigenvalue weighted by atomic mass is 10.0. The van der Waals surface area contributed by atoms with Gasteiger partial charge in [-0.2, -0.15) is 0 Å². The van der Waals surface area contributed by atoms with E-state index in [4.69, 9.17) is 0 Å². The number of halogens is 1. The van der Waals surface area contributed by atoms with Crippen LogP contribution in [-0.2, 0) is 16.0 Å². The van der Waals surface area contributed by atoms with E-state index in [1.165, 1.54) is 31.9 Å². The Bertz CT molecular complexity index is 448. The van der Waals surface area contributed by atoms with Gasteiger partial charge in [0.15, 0.2) is 0 Å². The number of amides is 2. The van der Waals surface area contributed by atoms with E-state index in [-0.39, 0.29) is 5.91 Å². The highest BCUT2D eigenvalue weighted by Crippen LogP contribution is 2.15. The van der Waals surface area contributed by atoms with Gasteiger partial charge in [-0.15, -0.1) is 0 Å². The van der Waals surface area contributed by atoms with Crippen LogP contribution in [-0.4, -0.2) is 24.3 Å². The molecule has 1 aromatic rings. The second-order valence-electron chi connectivity index (χ2n) is 5.36. The second-order valence-corrected chi connectivity index (χ2v) is 6.28. The monoisotopic (exact) mass is 353 g/mol. The smallest absolute Gasteiger partial charge is 0.228 e. The third-order valence-corrected chi connectivity index (χ3v) is 4.04. The first-order valence-electron chi connectivity index (χ1n) is 7.59. The largest absolute Gasteiger partial charge is 0.288 e. The maximum Gasteiger partial charge on any atom is 0.228 e. The summed E-state index contributed by atoms with van der Waals surface area (Å²) in [6.45, 7) is 0. The summed E-state index contributed by atoms with van der Waals surface area (Å²) in [5.74, 6) is -0.0837. The molecule has 0 fully saturated rings. The van der Waals surface area contributed by atoms with Crippen LogP contribution in [0.4, 0.5) is 0 Å². The van der Waals surface area contributed by atoms with Crippen LogP contribution in [0.5, 0.6) is 0 Å². The van der Waals surface area contributed by atoms with E-state index in [2.05, 4.69) is 34.1 Å². The summed E-state index contributed by atoms with van der Waals surface area (Å²) in [4.78, 5) is 22.9. The highest BCUT2D eigenvalue weighted by atomic mass is 79.9. The average Bonchev–Trinajstić information content (AvgIpc) is 2.48. The Labute approximate surface area is 135 Å². The minimum atomic E-state index is -0.0837. The number of benzene rings is 1. The van der Waals surface area contributed by atoms with E-state index < -0.39 is 0 Å². The molecular formula is C17H24BrNO2. The Balaban J connectivity index is 1.98. The standard InChI is InChI=1S/C17H24BrNO2/c1-19(14-20)17(21)12-7-5-3-2-4-6-9-15-10-8-11-16(18)13-15/h8,10-11,13-14H,2-7,9,12H2,1H3. The van der Waals surface area contributed by atoms with Crippen molar-refractivity contribution in [1.29, 1.82) is 0 Å². The molecule has 0 unspecified atom stereocenters. The Morgan fingerprint density at radius 1 is 1.14 bits per heavy atom. The van der Waals surface area contributed by atoms with Crippen molar-refractivity contribution < 1.29 is 9.59 Å². The molecule has 2 amide bonds. The molecule has 0 saturated heterocycles. The van der Waals surface area contributed by atoms with Crippen LogP contribution in [0, 0.1) is 0 Å². The van der Waals surface area contributed by atoms with Crippen molar-refractivity contribution in [3.63, 3.8) is 0 Å². The van der Waals surface area contributed by atoms with Gasteiger partial charge in [-0.3, -0.25) is 14.5 Å². The van der Waals surface area contributed by atoms with Crippen molar-refractivity contribution in [1.82, 2.24) is 4.90 Å². The number of hydrogen-bond donors (Lipinski definition) is 0. The van der Waals surface area contributed by atoms with E-state index in [1.54, 1.807) is 0 Å². The Morgan fingerprint density at radius 3 is 2.48 bits per heavy atom. The quantitative estimate of drug-likeness (QED) is 0.463. The Kier molecular flexibility index (Phi) is 8.99. The number of carbonyl (C=O) groups excluding carboxylic acids is 2. The van der Waals surface area contributed by atoms with Crippen LogP contribution in [0.2, 0.25) is 0 Å². The van der Waals surface area contributed by atoms with Crippen molar-refractivity contribution in [2.75, 3.05) is 7.05 Å². The lowest BCUT2D eigenvalue weighted by Gasteiger charge is -2.08. The average molecular weight is 354 g/mol. The molecule has 0 radical (unpaired) electrons. The van der Waals surface area contributed by atoms with Gasteiger partial charge in [-0.1, -0.05) is 53.7 Å². The van der Waals surface area contributed by atoms with Crippen molar-refractivity contribution in [3.8, 4) is 0 Å². The van der Waals surface area contributed by atoms with Gasteiger partial charge in [0.05, 0.1) is 0 Å². The molecular weight excluding hydrogens is 330 g/mol. The summed E-state index contributed by atoms with van der Waals surface area (Å²) in [6, 6.07) is 8.47. The van der Waals surface area contributed by atoms with E-state index in [1.807, 2.05) is 6.07 Å². The fraction of sp³-hybridized carbons (Fsp3) is 0.529. The lowest BCUT2D eigenvalue weighted by Crippen LogP contribution is -2.24. The summed E-state index contributed by atoms with van der Waals surface area (Å²) in [7, 11) is 1.51. The molecule has 21 heavy (non-hydrogen) atoms. The maximum absolute atomic E-state index is 11.4. The topological polar surface area (TPSA) is 37.4 Å². The summed E-state index contributed by atoms with van der Waals surface area (Å²) in [6.07, 6.45) is 8.94. The van der Waals surface area contributed by atoms with Gasteiger partial charge in [0.2, 0.25) is 12.3 Å². The van der Waals surface area contributed by atoms with Gasteiger partial charge in [-0.25, -0.2) is 0 Å². The molecule has 0 saturated carbocycles. The van der Waals surface area contributed by atoms with Crippen molar-refractivity contribution in [3.05, 3.63) is 34.3 Å². The third-order valence-electron chi connectivity index (χ3n) is 3.55. The zero-order chi connectivity index (χ0) is 15.5. The maximum atomic E-state index is 11.4. The van der Waals surface area contributed by atoms with Gasteiger partial charge >= 0.3 is 0 Å². The number of aryl methyl sites for hydroxylation is 1. The fourth-order valence-electron chi connectivity index (χ4n) is 2.24. The highest BCUT2D eigenvalue weighted by molar-refractivity contribution is 9.10. The molecule has 116 valence electrons. The van der Waals surface area contributed by atoms with Gasteiger partial charge in [0, 0.05) is 17.9 Å². The zero-order valence-electron chi connectivity index (χ0n) is 12.7. The summed E-state index contributed by atoms with van der Waals surface area (Å²) < 4.78 is 1.14. The number of nitrogens with zero attached hydrogens (tertiary/aromatic N) is 1. The minimum absolute atomic E-state index is 0.0837. The van der Waals surface area contributed by atoms with Crippen LogP contribution in [0.25, 0.3) is 0 Å². The number of unbranched alkanes of at least 4 members (excludes halogenated alkanes) is 5. The van der Waals surface area contributed by atoms with E-state index in [9.17, 15) is 9.59 Å². The Hall–Kier alpha value is -1.16. The molecule has 0 N–H and O–H groups in total. The van der Waals surface area contributed by atoms with Crippen molar-refractivity contribution >= 4 is 28.2 Å². The first kappa shape index (κ1) is 17.9. The normalized spacial score (nSPS) is 10.4. The molecule has 0 bridgehead atoms. The number of rotatable bonds is 10. The second kappa shape index (κ2) is 10.6. The molecule has 0 aliphatic heterocycles.